The Bertz CT molecular complexity index is 410. The van der Waals surface area contributed by atoms with Crippen molar-refractivity contribution in [3.8, 4) is 0 Å². The minimum absolute atomic E-state index is 0.0891. The van der Waals surface area contributed by atoms with E-state index in [1.165, 1.54) is 7.11 Å². The molecule has 0 bridgehead atoms. The molecule has 0 unspecified atom stereocenters. The lowest BCUT2D eigenvalue weighted by Gasteiger charge is -2.10. The standard InChI is InChI=1S/C10H10F2INO2/c1-5-3-6(13)9(10(11)12)7(14-5)4-8(15)16-2/h3,10H,4H2,1-2H3. The van der Waals surface area contributed by atoms with Crippen LogP contribution in [0.2, 0.25) is 0 Å². The van der Waals surface area contributed by atoms with Crippen LogP contribution in [0.25, 0.3) is 0 Å². The molecular formula is C10H10F2INO2. The van der Waals surface area contributed by atoms with Crippen molar-refractivity contribution in [3.63, 3.8) is 0 Å². The number of ether oxygens (including phenoxy) is 1. The second-order valence-electron chi connectivity index (χ2n) is 3.16. The number of rotatable bonds is 3. The molecule has 0 saturated heterocycles. The largest absolute Gasteiger partial charge is 0.469 e. The van der Waals surface area contributed by atoms with Crippen LogP contribution in [0.3, 0.4) is 0 Å². The average molecular weight is 341 g/mol. The first-order chi connectivity index (χ1) is 7.45. The highest BCUT2D eigenvalue weighted by molar-refractivity contribution is 14.1. The quantitative estimate of drug-likeness (QED) is 0.627. The molecule has 1 aromatic heterocycles. The Morgan fingerprint density at radius 1 is 1.62 bits per heavy atom. The third-order valence-corrected chi connectivity index (χ3v) is 2.87. The molecule has 0 atom stereocenters. The van der Waals surface area contributed by atoms with Gasteiger partial charge in [0.25, 0.3) is 6.43 Å². The van der Waals surface area contributed by atoms with Crippen LogP contribution in [-0.2, 0) is 16.0 Å². The van der Waals surface area contributed by atoms with E-state index >= 15 is 0 Å². The number of nitrogens with zero attached hydrogens (tertiary/aromatic N) is 1. The van der Waals surface area contributed by atoms with E-state index in [2.05, 4.69) is 9.72 Å². The number of alkyl halides is 2. The molecule has 0 aliphatic heterocycles. The topological polar surface area (TPSA) is 39.2 Å². The van der Waals surface area contributed by atoms with Crippen molar-refractivity contribution in [3.05, 3.63) is 26.6 Å². The van der Waals surface area contributed by atoms with Crippen LogP contribution in [0.4, 0.5) is 8.78 Å². The van der Waals surface area contributed by atoms with Crippen molar-refractivity contribution in [2.45, 2.75) is 19.8 Å². The molecule has 0 aromatic carbocycles. The van der Waals surface area contributed by atoms with Crippen molar-refractivity contribution in [2.75, 3.05) is 7.11 Å². The number of pyridine rings is 1. The van der Waals surface area contributed by atoms with E-state index in [0.29, 0.717) is 9.26 Å². The van der Waals surface area contributed by atoms with Gasteiger partial charge in [0.1, 0.15) is 0 Å². The van der Waals surface area contributed by atoms with E-state index in [-0.39, 0.29) is 17.7 Å². The van der Waals surface area contributed by atoms with Gasteiger partial charge >= 0.3 is 5.97 Å². The number of esters is 1. The van der Waals surface area contributed by atoms with Gasteiger partial charge in [0, 0.05) is 9.26 Å². The fourth-order valence-corrected chi connectivity index (χ4v) is 2.28. The summed E-state index contributed by atoms with van der Waals surface area (Å²) in [5.41, 5.74) is 0.510. The van der Waals surface area contributed by atoms with Crippen LogP contribution >= 0.6 is 22.6 Å². The molecule has 1 rings (SSSR count). The second kappa shape index (κ2) is 5.51. The van der Waals surface area contributed by atoms with Crippen molar-refractivity contribution >= 4 is 28.6 Å². The summed E-state index contributed by atoms with van der Waals surface area (Å²) in [6, 6.07) is 1.56. The lowest BCUT2D eigenvalue weighted by atomic mass is 10.1. The highest BCUT2D eigenvalue weighted by atomic mass is 127. The molecule has 1 aromatic rings. The van der Waals surface area contributed by atoms with Crippen LogP contribution in [0, 0.1) is 10.5 Å². The molecule has 88 valence electrons. The normalized spacial score (nSPS) is 10.6. The summed E-state index contributed by atoms with van der Waals surface area (Å²) in [6.07, 6.45) is -2.87. The summed E-state index contributed by atoms with van der Waals surface area (Å²) in [5.74, 6) is -0.573. The third kappa shape index (κ3) is 3.10. The molecule has 0 aliphatic rings. The number of methoxy groups -OCH3 is 1. The molecule has 1 heterocycles. The molecule has 16 heavy (non-hydrogen) atoms. The van der Waals surface area contributed by atoms with Gasteiger partial charge in [-0.25, -0.2) is 8.78 Å². The van der Waals surface area contributed by atoms with E-state index in [1.807, 2.05) is 22.6 Å². The van der Waals surface area contributed by atoms with E-state index in [9.17, 15) is 13.6 Å². The lowest BCUT2D eigenvalue weighted by Crippen LogP contribution is -2.11. The Hall–Kier alpha value is -0.790. The molecule has 0 saturated carbocycles. The molecule has 6 heteroatoms. The van der Waals surface area contributed by atoms with Crippen LogP contribution < -0.4 is 0 Å². The predicted molar refractivity (Wildman–Crippen MR) is 62.4 cm³/mol. The van der Waals surface area contributed by atoms with E-state index in [0.717, 1.165) is 0 Å². The summed E-state index contributed by atoms with van der Waals surface area (Å²) in [5, 5.41) is 0. The maximum absolute atomic E-state index is 12.8. The van der Waals surface area contributed by atoms with Gasteiger partial charge in [-0.05, 0) is 35.6 Å². The number of halogens is 3. The monoisotopic (exact) mass is 341 g/mol. The fraction of sp³-hybridized carbons (Fsp3) is 0.400. The fourth-order valence-electron chi connectivity index (χ4n) is 1.28. The number of hydrogen-bond acceptors (Lipinski definition) is 3. The molecule has 0 spiro atoms. The Morgan fingerprint density at radius 2 is 2.25 bits per heavy atom. The van der Waals surface area contributed by atoms with Gasteiger partial charge in [-0.1, -0.05) is 0 Å². The third-order valence-electron chi connectivity index (χ3n) is 1.97. The van der Waals surface area contributed by atoms with Gasteiger partial charge in [0.2, 0.25) is 0 Å². The number of hydrogen-bond donors (Lipinski definition) is 0. The molecule has 3 nitrogen and oxygen atoms in total. The SMILES string of the molecule is COC(=O)Cc1nc(C)cc(I)c1C(F)F. The Balaban J connectivity index is 3.18. The summed E-state index contributed by atoms with van der Waals surface area (Å²) in [4.78, 5) is 15.0. The number of carbonyl (C=O) groups is 1. The predicted octanol–water partition coefficient (Wildman–Crippen LogP) is 2.65. The molecule has 0 radical (unpaired) electrons. The van der Waals surface area contributed by atoms with Crippen LogP contribution in [0.15, 0.2) is 6.07 Å². The first kappa shape index (κ1) is 13.3. The smallest absolute Gasteiger partial charge is 0.311 e. The average Bonchev–Trinajstić information content (AvgIpc) is 2.15. The molecular weight excluding hydrogens is 331 g/mol. The second-order valence-corrected chi connectivity index (χ2v) is 4.32. The van der Waals surface area contributed by atoms with Gasteiger partial charge in [-0.3, -0.25) is 9.78 Å². The van der Waals surface area contributed by atoms with Gasteiger partial charge in [0.15, 0.2) is 0 Å². The first-order valence-electron chi connectivity index (χ1n) is 4.46. The molecule has 0 amide bonds. The van der Waals surface area contributed by atoms with Crippen molar-refractivity contribution in [1.29, 1.82) is 0 Å². The highest BCUT2D eigenvalue weighted by Gasteiger charge is 2.20. The first-order valence-corrected chi connectivity index (χ1v) is 5.54. The molecule has 0 aliphatic carbocycles. The zero-order valence-corrected chi connectivity index (χ0v) is 10.9. The van der Waals surface area contributed by atoms with Gasteiger partial charge in [-0.15, -0.1) is 0 Å². The summed E-state index contributed by atoms with van der Waals surface area (Å²) in [7, 11) is 1.21. The summed E-state index contributed by atoms with van der Waals surface area (Å²) < 4.78 is 30.4. The van der Waals surface area contributed by atoms with E-state index in [4.69, 9.17) is 0 Å². The van der Waals surface area contributed by atoms with Gasteiger partial charge in [-0.2, -0.15) is 0 Å². The van der Waals surface area contributed by atoms with Crippen LogP contribution in [0.5, 0.6) is 0 Å². The van der Waals surface area contributed by atoms with E-state index < -0.39 is 12.4 Å². The lowest BCUT2D eigenvalue weighted by molar-refractivity contribution is -0.139. The Morgan fingerprint density at radius 3 is 2.75 bits per heavy atom. The van der Waals surface area contributed by atoms with Crippen LogP contribution in [-0.4, -0.2) is 18.1 Å². The molecule has 0 fully saturated rings. The van der Waals surface area contributed by atoms with Crippen molar-refractivity contribution in [2.24, 2.45) is 0 Å². The zero-order valence-electron chi connectivity index (χ0n) is 8.76. The Labute approximate surface area is 105 Å². The summed E-state index contributed by atoms with van der Waals surface area (Å²) in [6.45, 7) is 1.69. The highest BCUT2D eigenvalue weighted by Crippen LogP contribution is 2.28. The maximum atomic E-state index is 12.8. The van der Waals surface area contributed by atoms with Crippen LogP contribution in [0.1, 0.15) is 23.4 Å². The molecule has 0 N–H and O–H groups in total. The van der Waals surface area contributed by atoms with Crippen molar-refractivity contribution in [1.82, 2.24) is 4.98 Å². The summed E-state index contributed by atoms with van der Waals surface area (Å²) >= 11 is 1.81. The van der Waals surface area contributed by atoms with Crippen molar-refractivity contribution < 1.29 is 18.3 Å². The van der Waals surface area contributed by atoms with E-state index in [1.54, 1.807) is 13.0 Å². The zero-order chi connectivity index (χ0) is 12.3. The minimum atomic E-state index is -2.64. The Kier molecular flexibility index (Phi) is 4.57. The number of aryl methyl sites for hydroxylation is 1. The van der Waals surface area contributed by atoms with Gasteiger partial charge < -0.3 is 4.74 Å². The number of aromatic nitrogens is 1. The maximum Gasteiger partial charge on any atom is 0.311 e. The number of carbonyl (C=O) groups excluding carboxylic acids is 1. The van der Waals surface area contributed by atoms with Gasteiger partial charge in [0.05, 0.1) is 24.8 Å². The minimum Gasteiger partial charge on any atom is -0.469 e.